The molecule has 300 valence electrons. The van der Waals surface area contributed by atoms with Crippen molar-refractivity contribution in [1.82, 2.24) is 4.57 Å². The minimum absolute atomic E-state index is 1.10. The highest BCUT2D eigenvalue weighted by Crippen LogP contribution is 2.45. The quantitative estimate of drug-likeness (QED) is 0.139. The van der Waals surface area contributed by atoms with Crippen molar-refractivity contribution in [3.05, 3.63) is 255 Å². The Morgan fingerprint density at radius 1 is 0.234 bits per heavy atom. The summed E-state index contributed by atoms with van der Waals surface area (Å²) in [5.41, 5.74) is 16.6. The van der Waals surface area contributed by atoms with Gasteiger partial charge in [0.15, 0.2) is 0 Å². The highest BCUT2D eigenvalue weighted by Gasteiger charge is 2.19. The fourth-order valence-corrected chi connectivity index (χ4v) is 9.82. The minimum atomic E-state index is 1.10. The molecule has 0 aliphatic carbocycles. The predicted octanol–water partition coefficient (Wildman–Crippen LogP) is 17.2. The largest absolute Gasteiger partial charge is 0.311 e. The monoisotopic (exact) mass is 814 g/mol. The van der Waals surface area contributed by atoms with E-state index in [1.165, 1.54) is 87.9 Å². The van der Waals surface area contributed by atoms with Crippen LogP contribution in [0.4, 0.5) is 17.1 Å². The van der Waals surface area contributed by atoms with Gasteiger partial charge in [-0.1, -0.05) is 188 Å². The molecule has 0 radical (unpaired) electrons. The molecular weight excluding hydrogens is 773 g/mol. The van der Waals surface area contributed by atoms with Crippen LogP contribution in [0.1, 0.15) is 0 Å². The molecule has 0 unspecified atom stereocenters. The van der Waals surface area contributed by atoms with E-state index in [0.717, 1.165) is 22.7 Å². The summed E-state index contributed by atoms with van der Waals surface area (Å²) in [6, 6.07) is 92.5. The summed E-state index contributed by atoms with van der Waals surface area (Å²) in [4.78, 5) is 2.33. The lowest BCUT2D eigenvalue weighted by Crippen LogP contribution is -2.10. The second kappa shape index (κ2) is 15.8. The molecule has 1 heterocycles. The van der Waals surface area contributed by atoms with Crippen LogP contribution in [0.2, 0.25) is 0 Å². The summed E-state index contributed by atoms with van der Waals surface area (Å²) in [5.74, 6) is 0. The van der Waals surface area contributed by atoms with Gasteiger partial charge in [0.2, 0.25) is 0 Å². The summed E-state index contributed by atoms with van der Waals surface area (Å²) < 4.78 is 2.37. The first-order chi connectivity index (χ1) is 31.8. The first kappa shape index (κ1) is 37.3. The van der Waals surface area contributed by atoms with E-state index in [1.54, 1.807) is 0 Å². The van der Waals surface area contributed by atoms with Crippen LogP contribution in [0, 0.1) is 0 Å². The van der Waals surface area contributed by atoms with Gasteiger partial charge in [-0.05, 0) is 133 Å². The molecular formula is C62H42N2. The van der Waals surface area contributed by atoms with Crippen molar-refractivity contribution in [3.63, 3.8) is 0 Å². The molecule has 0 aliphatic rings. The van der Waals surface area contributed by atoms with E-state index in [0.29, 0.717) is 0 Å². The molecule has 1 aromatic heterocycles. The Morgan fingerprint density at radius 3 is 1.12 bits per heavy atom. The maximum absolute atomic E-state index is 2.40. The Labute approximate surface area is 373 Å². The van der Waals surface area contributed by atoms with E-state index in [2.05, 4.69) is 264 Å². The molecule has 0 spiro atoms. The van der Waals surface area contributed by atoms with E-state index in [9.17, 15) is 0 Å². The van der Waals surface area contributed by atoms with Crippen molar-refractivity contribution >= 4 is 60.4 Å². The van der Waals surface area contributed by atoms with E-state index in [4.69, 9.17) is 0 Å². The number of para-hydroxylation sites is 3. The van der Waals surface area contributed by atoms with Gasteiger partial charge in [0.1, 0.15) is 0 Å². The third-order valence-electron chi connectivity index (χ3n) is 12.8. The normalized spacial score (nSPS) is 11.4. The van der Waals surface area contributed by atoms with Gasteiger partial charge in [-0.15, -0.1) is 0 Å². The van der Waals surface area contributed by atoms with Crippen LogP contribution in [-0.4, -0.2) is 4.57 Å². The number of rotatable bonds is 8. The second-order valence-corrected chi connectivity index (χ2v) is 16.5. The molecule has 2 heteroatoms. The standard InChI is InChI=1S/C62H42N2/c1-4-16-46(17-5-1)61-55-24-10-11-25-56(55)62(47-18-6-2-7-19-47)58-42-48(34-41-57(58)61)45-30-28-43(29-31-45)44-32-35-50(36-33-44)63(49-20-8-3-9-21-49)51-37-39-52(40-38-51)64-59-26-14-12-22-53(59)54-23-13-15-27-60(54)64/h1-42H. The highest BCUT2D eigenvalue weighted by atomic mass is 15.1. The summed E-state index contributed by atoms with van der Waals surface area (Å²) in [7, 11) is 0. The van der Waals surface area contributed by atoms with Crippen LogP contribution < -0.4 is 4.90 Å². The SMILES string of the molecule is c1ccc(-c2c3ccccc3c(-c3ccccc3)c3cc(-c4ccc(-c5ccc(N(c6ccccc6)c6ccc(-n7c8ccccc8c8ccccc87)cc6)cc5)cc4)ccc23)cc1. The van der Waals surface area contributed by atoms with Crippen LogP contribution in [0.3, 0.4) is 0 Å². The zero-order valence-electron chi connectivity index (χ0n) is 35.1. The molecule has 11 aromatic carbocycles. The maximum Gasteiger partial charge on any atom is 0.0541 e. The van der Waals surface area contributed by atoms with Gasteiger partial charge >= 0.3 is 0 Å². The number of benzene rings is 11. The number of fused-ring (bicyclic) bond motifs is 5. The highest BCUT2D eigenvalue weighted by molar-refractivity contribution is 6.22. The number of hydrogen-bond donors (Lipinski definition) is 0. The first-order valence-electron chi connectivity index (χ1n) is 22.0. The summed E-state index contributed by atoms with van der Waals surface area (Å²) in [6.45, 7) is 0. The number of anilines is 3. The molecule has 0 amide bonds. The van der Waals surface area contributed by atoms with Crippen molar-refractivity contribution < 1.29 is 0 Å². The predicted molar refractivity (Wildman–Crippen MR) is 272 cm³/mol. The lowest BCUT2D eigenvalue weighted by atomic mass is 9.85. The zero-order chi connectivity index (χ0) is 42.4. The van der Waals surface area contributed by atoms with Crippen molar-refractivity contribution in [2.75, 3.05) is 4.90 Å². The molecule has 12 rings (SSSR count). The van der Waals surface area contributed by atoms with Gasteiger partial charge in [-0.3, -0.25) is 0 Å². The minimum Gasteiger partial charge on any atom is -0.311 e. The van der Waals surface area contributed by atoms with Crippen LogP contribution in [-0.2, 0) is 0 Å². The van der Waals surface area contributed by atoms with Gasteiger partial charge in [-0.25, -0.2) is 0 Å². The number of nitrogens with zero attached hydrogens (tertiary/aromatic N) is 2. The molecule has 64 heavy (non-hydrogen) atoms. The Morgan fingerprint density at radius 2 is 0.594 bits per heavy atom. The van der Waals surface area contributed by atoms with Crippen molar-refractivity contribution in [2.24, 2.45) is 0 Å². The van der Waals surface area contributed by atoms with Crippen molar-refractivity contribution in [1.29, 1.82) is 0 Å². The van der Waals surface area contributed by atoms with E-state index in [1.807, 2.05) is 0 Å². The van der Waals surface area contributed by atoms with Gasteiger partial charge in [0.05, 0.1) is 11.0 Å². The molecule has 0 aliphatic heterocycles. The average Bonchev–Trinajstić information content (AvgIpc) is 3.71. The third-order valence-corrected chi connectivity index (χ3v) is 12.8. The Hall–Kier alpha value is -8.46. The van der Waals surface area contributed by atoms with Crippen LogP contribution in [0.15, 0.2) is 255 Å². The van der Waals surface area contributed by atoms with Crippen LogP contribution >= 0.6 is 0 Å². The fourth-order valence-electron chi connectivity index (χ4n) is 9.82. The van der Waals surface area contributed by atoms with Gasteiger partial charge < -0.3 is 9.47 Å². The van der Waals surface area contributed by atoms with E-state index < -0.39 is 0 Å². The Kier molecular flexibility index (Phi) is 9.20. The number of hydrogen-bond acceptors (Lipinski definition) is 1. The van der Waals surface area contributed by atoms with Gasteiger partial charge in [0.25, 0.3) is 0 Å². The first-order valence-corrected chi connectivity index (χ1v) is 22.0. The van der Waals surface area contributed by atoms with E-state index >= 15 is 0 Å². The molecule has 12 aromatic rings. The summed E-state index contributed by atoms with van der Waals surface area (Å²) >= 11 is 0. The fraction of sp³-hybridized carbons (Fsp3) is 0. The molecule has 0 fully saturated rings. The summed E-state index contributed by atoms with van der Waals surface area (Å²) in [6.07, 6.45) is 0. The smallest absolute Gasteiger partial charge is 0.0541 e. The van der Waals surface area contributed by atoms with Gasteiger partial charge in [0, 0.05) is 33.5 Å². The molecule has 0 bridgehead atoms. The van der Waals surface area contributed by atoms with Crippen LogP contribution in [0.5, 0.6) is 0 Å². The second-order valence-electron chi connectivity index (χ2n) is 16.5. The molecule has 2 nitrogen and oxygen atoms in total. The van der Waals surface area contributed by atoms with Gasteiger partial charge in [-0.2, -0.15) is 0 Å². The molecule has 0 N–H and O–H groups in total. The topological polar surface area (TPSA) is 8.17 Å². The molecule has 0 atom stereocenters. The van der Waals surface area contributed by atoms with Crippen molar-refractivity contribution in [3.8, 4) is 50.2 Å². The molecule has 0 saturated heterocycles. The van der Waals surface area contributed by atoms with Crippen LogP contribution in [0.25, 0.3) is 93.5 Å². The Bertz CT molecular complexity index is 3560. The molecule has 0 saturated carbocycles. The van der Waals surface area contributed by atoms with Crippen molar-refractivity contribution in [2.45, 2.75) is 0 Å². The van der Waals surface area contributed by atoms with E-state index in [-0.39, 0.29) is 0 Å². The number of aromatic nitrogens is 1. The maximum atomic E-state index is 2.40. The average molecular weight is 815 g/mol. The third kappa shape index (κ3) is 6.44. The Balaban J connectivity index is 0.886. The zero-order valence-corrected chi connectivity index (χ0v) is 35.1. The summed E-state index contributed by atoms with van der Waals surface area (Å²) in [5, 5.41) is 7.57. The lowest BCUT2D eigenvalue weighted by Gasteiger charge is -2.26. The lowest BCUT2D eigenvalue weighted by molar-refractivity contribution is 1.17.